The minimum absolute atomic E-state index is 0.0856. The lowest BCUT2D eigenvalue weighted by Gasteiger charge is -2.15. The maximum absolute atomic E-state index is 12.5. The Bertz CT molecular complexity index is 703. The highest BCUT2D eigenvalue weighted by atomic mass is 16.5. The van der Waals surface area contributed by atoms with E-state index in [0.717, 1.165) is 37.1 Å². The highest BCUT2D eigenvalue weighted by Gasteiger charge is 2.19. The largest absolute Gasteiger partial charge is 0.493 e. The van der Waals surface area contributed by atoms with Gasteiger partial charge in [0, 0.05) is 12.7 Å². The Hall–Kier alpha value is -2.43. The third-order valence-electron chi connectivity index (χ3n) is 4.34. The molecule has 126 valence electrons. The standard InChI is InChI=1S/C19H23N3O2/c1-2-5-17-16(12-20-13-22-17)19(23)21-11-14-8-9-24-18-7-4-3-6-15(18)10-14/h3-4,6-7,12-14H,2,5,8-11H2,1H3,(H,21,23)/t14-/m1/s1. The summed E-state index contributed by atoms with van der Waals surface area (Å²) in [4.78, 5) is 20.7. The molecule has 1 aromatic heterocycles. The molecular weight excluding hydrogens is 302 g/mol. The van der Waals surface area contributed by atoms with Crippen molar-refractivity contribution in [3.63, 3.8) is 0 Å². The summed E-state index contributed by atoms with van der Waals surface area (Å²) in [7, 11) is 0. The fourth-order valence-corrected chi connectivity index (χ4v) is 3.05. The Labute approximate surface area is 142 Å². The summed E-state index contributed by atoms with van der Waals surface area (Å²) in [6, 6.07) is 8.13. The maximum atomic E-state index is 12.5. The van der Waals surface area contributed by atoms with Gasteiger partial charge in [-0.05, 0) is 36.8 Å². The molecule has 2 heterocycles. The third kappa shape index (κ3) is 3.91. The van der Waals surface area contributed by atoms with Gasteiger partial charge in [-0.15, -0.1) is 0 Å². The van der Waals surface area contributed by atoms with Crippen molar-refractivity contribution in [3.8, 4) is 5.75 Å². The van der Waals surface area contributed by atoms with Gasteiger partial charge < -0.3 is 10.1 Å². The van der Waals surface area contributed by atoms with Crippen LogP contribution < -0.4 is 10.1 Å². The minimum atomic E-state index is -0.0856. The second kappa shape index (κ2) is 7.90. The summed E-state index contributed by atoms with van der Waals surface area (Å²) in [5.41, 5.74) is 2.62. The summed E-state index contributed by atoms with van der Waals surface area (Å²) in [6.45, 7) is 3.40. The lowest BCUT2D eigenvalue weighted by atomic mass is 9.97. The lowest BCUT2D eigenvalue weighted by molar-refractivity contribution is 0.0943. The number of carbonyl (C=O) groups excluding carboxylic acids is 1. The van der Waals surface area contributed by atoms with Crippen molar-refractivity contribution in [2.45, 2.75) is 32.6 Å². The molecule has 1 aromatic carbocycles. The van der Waals surface area contributed by atoms with Crippen LogP contribution in [0.1, 0.15) is 41.4 Å². The summed E-state index contributed by atoms with van der Waals surface area (Å²) in [5.74, 6) is 1.25. The molecule has 0 radical (unpaired) electrons. The van der Waals surface area contributed by atoms with Gasteiger partial charge in [0.2, 0.25) is 0 Å². The number of aromatic nitrogens is 2. The van der Waals surface area contributed by atoms with E-state index in [9.17, 15) is 4.79 Å². The highest BCUT2D eigenvalue weighted by Crippen LogP contribution is 2.26. The average molecular weight is 325 g/mol. The fraction of sp³-hybridized carbons (Fsp3) is 0.421. The van der Waals surface area contributed by atoms with Crippen LogP contribution in [0.5, 0.6) is 5.75 Å². The Morgan fingerprint density at radius 3 is 3.12 bits per heavy atom. The molecule has 3 rings (SSSR count). The zero-order valence-electron chi connectivity index (χ0n) is 14.0. The van der Waals surface area contributed by atoms with Crippen molar-refractivity contribution in [1.82, 2.24) is 15.3 Å². The normalized spacial score (nSPS) is 16.6. The first-order valence-corrected chi connectivity index (χ1v) is 8.55. The molecule has 1 atom stereocenters. The topological polar surface area (TPSA) is 64.1 Å². The number of nitrogens with zero attached hydrogens (tertiary/aromatic N) is 2. The Kier molecular flexibility index (Phi) is 5.41. The highest BCUT2D eigenvalue weighted by molar-refractivity contribution is 5.94. The van der Waals surface area contributed by atoms with Crippen molar-refractivity contribution in [1.29, 1.82) is 0 Å². The number of aryl methyl sites for hydroxylation is 1. The molecule has 2 aromatic rings. The first kappa shape index (κ1) is 16.4. The van der Waals surface area contributed by atoms with E-state index in [1.807, 2.05) is 18.2 Å². The SMILES string of the molecule is CCCc1ncncc1C(=O)NC[C@@H]1CCOc2ccccc2C1. The van der Waals surface area contributed by atoms with Crippen molar-refractivity contribution in [2.24, 2.45) is 5.92 Å². The first-order valence-electron chi connectivity index (χ1n) is 8.55. The second-order valence-corrected chi connectivity index (χ2v) is 6.16. The average Bonchev–Trinajstić information content (AvgIpc) is 2.82. The predicted molar refractivity (Wildman–Crippen MR) is 92.1 cm³/mol. The van der Waals surface area contributed by atoms with Crippen molar-refractivity contribution in [2.75, 3.05) is 13.2 Å². The van der Waals surface area contributed by atoms with Crippen molar-refractivity contribution < 1.29 is 9.53 Å². The molecule has 0 saturated heterocycles. The van der Waals surface area contributed by atoms with Gasteiger partial charge in [-0.3, -0.25) is 4.79 Å². The molecule has 1 aliphatic heterocycles. The number of carbonyl (C=O) groups is 1. The van der Waals surface area contributed by atoms with Crippen molar-refractivity contribution in [3.05, 3.63) is 53.6 Å². The van der Waals surface area contributed by atoms with E-state index >= 15 is 0 Å². The molecule has 0 aliphatic carbocycles. The van der Waals surface area contributed by atoms with Crippen LogP contribution in [0.25, 0.3) is 0 Å². The first-order chi connectivity index (χ1) is 11.8. The molecule has 0 bridgehead atoms. The number of amides is 1. The quantitative estimate of drug-likeness (QED) is 0.918. The van der Waals surface area contributed by atoms with Crippen LogP contribution >= 0.6 is 0 Å². The van der Waals surface area contributed by atoms with E-state index in [1.54, 1.807) is 6.20 Å². The summed E-state index contributed by atoms with van der Waals surface area (Å²) >= 11 is 0. The van der Waals surface area contributed by atoms with E-state index in [0.29, 0.717) is 24.6 Å². The molecule has 0 unspecified atom stereocenters. The van der Waals surface area contributed by atoms with E-state index in [1.165, 1.54) is 11.9 Å². The van der Waals surface area contributed by atoms with Crippen LogP contribution in [0.15, 0.2) is 36.8 Å². The van der Waals surface area contributed by atoms with Crippen LogP contribution in [0.2, 0.25) is 0 Å². The Balaban J connectivity index is 1.62. The summed E-state index contributed by atoms with van der Waals surface area (Å²) in [6.07, 6.45) is 6.70. The maximum Gasteiger partial charge on any atom is 0.254 e. The zero-order chi connectivity index (χ0) is 16.8. The van der Waals surface area contributed by atoms with Gasteiger partial charge in [-0.1, -0.05) is 31.5 Å². The molecule has 1 N–H and O–H groups in total. The van der Waals surface area contributed by atoms with E-state index in [2.05, 4.69) is 28.3 Å². The smallest absolute Gasteiger partial charge is 0.254 e. The van der Waals surface area contributed by atoms with Gasteiger partial charge in [0.1, 0.15) is 12.1 Å². The molecule has 0 fully saturated rings. The van der Waals surface area contributed by atoms with Crippen LogP contribution in [0, 0.1) is 5.92 Å². The van der Waals surface area contributed by atoms with Crippen LogP contribution in [-0.2, 0) is 12.8 Å². The van der Waals surface area contributed by atoms with E-state index in [-0.39, 0.29) is 5.91 Å². The predicted octanol–water partition coefficient (Wildman–Crippen LogP) is 2.80. The molecule has 24 heavy (non-hydrogen) atoms. The third-order valence-corrected chi connectivity index (χ3v) is 4.34. The van der Waals surface area contributed by atoms with Gasteiger partial charge in [-0.25, -0.2) is 9.97 Å². The van der Waals surface area contributed by atoms with Crippen LogP contribution in [0.3, 0.4) is 0 Å². The summed E-state index contributed by atoms with van der Waals surface area (Å²) in [5, 5.41) is 3.05. The van der Waals surface area contributed by atoms with Gasteiger partial charge in [-0.2, -0.15) is 0 Å². The molecule has 5 nitrogen and oxygen atoms in total. The molecule has 0 saturated carbocycles. The fourth-order valence-electron chi connectivity index (χ4n) is 3.05. The minimum Gasteiger partial charge on any atom is -0.493 e. The number of rotatable bonds is 5. The van der Waals surface area contributed by atoms with Gasteiger partial charge in [0.15, 0.2) is 0 Å². The summed E-state index contributed by atoms with van der Waals surface area (Å²) < 4.78 is 5.79. The second-order valence-electron chi connectivity index (χ2n) is 6.16. The molecule has 1 aliphatic rings. The van der Waals surface area contributed by atoms with Gasteiger partial charge in [0.25, 0.3) is 5.91 Å². The number of ether oxygens (including phenoxy) is 1. The van der Waals surface area contributed by atoms with Gasteiger partial charge >= 0.3 is 0 Å². The van der Waals surface area contributed by atoms with Crippen LogP contribution in [0.4, 0.5) is 0 Å². The molecule has 5 heteroatoms. The number of fused-ring (bicyclic) bond motifs is 1. The lowest BCUT2D eigenvalue weighted by Crippen LogP contribution is -2.31. The number of nitrogens with one attached hydrogen (secondary N) is 1. The number of hydrogen-bond acceptors (Lipinski definition) is 4. The molecule has 1 amide bonds. The van der Waals surface area contributed by atoms with Gasteiger partial charge in [0.05, 0.1) is 17.9 Å². The van der Waals surface area contributed by atoms with Crippen molar-refractivity contribution >= 4 is 5.91 Å². The van der Waals surface area contributed by atoms with E-state index in [4.69, 9.17) is 4.74 Å². The molecule has 0 spiro atoms. The number of benzene rings is 1. The molecular formula is C19H23N3O2. The monoisotopic (exact) mass is 325 g/mol. The number of hydrogen-bond donors (Lipinski definition) is 1. The zero-order valence-corrected chi connectivity index (χ0v) is 14.0. The van der Waals surface area contributed by atoms with E-state index < -0.39 is 0 Å². The Morgan fingerprint density at radius 2 is 2.25 bits per heavy atom. The number of para-hydroxylation sites is 1. The Morgan fingerprint density at radius 1 is 1.38 bits per heavy atom. The van der Waals surface area contributed by atoms with Crippen LogP contribution in [-0.4, -0.2) is 29.0 Å².